The summed E-state index contributed by atoms with van der Waals surface area (Å²) in [4.78, 5) is 21.0. The molecule has 0 unspecified atom stereocenters. The number of rotatable bonds is 3. The van der Waals surface area contributed by atoms with Crippen molar-refractivity contribution in [2.24, 2.45) is 5.92 Å². The largest absolute Gasteiger partial charge is 0.423 e. The standard InChI is InChI=1S/C18H22N4O2/c19-12-15-18(24-16(20-15)13-6-7-13)22-10-8-21(9-11-22)17(23)14-4-2-1-3-5-14/h1-2,13-14H,3-11H2/t14-/m0/s1. The fourth-order valence-electron chi connectivity index (χ4n) is 3.53. The molecule has 1 aliphatic heterocycles. The number of hydrogen-bond donors (Lipinski definition) is 0. The Hall–Kier alpha value is -2.29. The molecule has 3 aliphatic rings. The summed E-state index contributed by atoms with van der Waals surface area (Å²) >= 11 is 0. The first-order valence-corrected chi connectivity index (χ1v) is 8.86. The van der Waals surface area contributed by atoms with E-state index >= 15 is 0 Å². The average molecular weight is 326 g/mol. The minimum Gasteiger partial charge on any atom is -0.423 e. The van der Waals surface area contributed by atoms with Crippen LogP contribution >= 0.6 is 0 Å². The molecule has 6 nitrogen and oxygen atoms in total. The Morgan fingerprint density at radius 3 is 2.62 bits per heavy atom. The number of oxazole rings is 1. The first-order valence-electron chi connectivity index (χ1n) is 8.86. The molecule has 2 fully saturated rings. The second-order valence-electron chi connectivity index (χ2n) is 6.89. The Morgan fingerprint density at radius 1 is 1.21 bits per heavy atom. The van der Waals surface area contributed by atoms with Gasteiger partial charge in [-0.25, -0.2) is 4.98 Å². The fourth-order valence-corrected chi connectivity index (χ4v) is 3.53. The minimum absolute atomic E-state index is 0.142. The van der Waals surface area contributed by atoms with Gasteiger partial charge in [0.25, 0.3) is 0 Å². The second-order valence-corrected chi connectivity index (χ2v) is 6.89. The van der Waals surface area contributed by atoms with Crippen molar-refractivity contribution in [2.75, 3.05) is 31.1 Å². The summed E-state index contributed by atoms with van der Waals surface area (Å²) in [7, 11) is 0. The van der Waals surface area contributed by atoms with Crippen LogP contribution in [0.4, 0.5) is 5.88 Å². The van der Waals surface area contributed by atoms with Crippen molar-refractivity contribution in [1.29, 1.82) is 5.26 Å². The highest BCUT2D eigenvalue weighted by molar-refractivity contribution is 5.79. The van der Waals surface area contributed by atoms with Gasteiger partial charge in [-0.3, -0.25) is 4.79 Å². The maximum absolute atomic E-state index is 12.6. The van der Waals surface area contributed by atoms with Crippen LogP contribution < -0.4 is 4.90 Å². The summed E-state index contributed by atoms with van der Waals surface area (Å²) < 4.78 is 5.86. The van der Waals surface area contributed by atoms with Gasteiger partial charge in [0, 0.05) is 38.0 Å². The Balaban J connectivity index is 1.40. The molecule has 2 heterocycles. The molecule has 1 atom stereocenters. The maximum atomic E-state index is 12.6. The van der Waals surface area contributed by atoms with Crippen LogP contribution in [0.5, 0.6) is 0 Å². The molecule has 1 aromatic rings. The topological polar surface area (TPSA) is 73.4 Å². The van der Waals surface area contributed by atoms with E-state index in [-0.39, 0.29) is 11.8 Å². The summed E-state index contributed by atoms with van der Waals surface area (Å²) in [5.41, 5.74) is 0.383. The Labute approximate surface area is 141 Å². The van der Waals surface area contributed by atoms with Crippen molar-refractivity contribution < 1.29 is 9.21 Å². The van der Waals surface area contributed by atoms with Gasteiger partial charge in [0.15, 0.2) is 0 Å². The van der Waals surface area contributed by atoms with Crippen LogP contribution in [0.2, 0.25) is 0 Å². The van der Waals surface area contributed by atoms with Crippen molar-refractivity contribution in [2.45, 2.75) is 38.0 Å². The fraction of sp³-hybridized carbons (Fsp3) is 0.611. The minimum atomic E-state index is 0.142. The quantitative estimate of drug-likeness (QED) is 0.798. The lowest BCUT2D eigenvalue weighted by atomic mass is 9.93. The van der Waals surface area contributed by atoms with E-state index < -0.39 is 0 Å². The van der Waals surface area contributed by atoms with Gasteiger partial charge < -0.3 is 14.2 Å². The molecule has 0 spiro atoms. The number of nitrogens with zero attached hydrogens (tertiary/aromatic N) is 4. The van der Waals surface area contributed by atoms with E-state index in [1.54, 1.807) is 0 Å². The normalized spacial score (nSPS) is 24.0. The van der Waals surface area contributed by atoms with Crippen LogP contribution in [0.1, 0.15) is 49.6 Å². The van der Waals surface area contributed by atoms with E-state index in [0.717, 1.165) is 32.1 Å². The summed E-state index contributed by atoms with van der Waals surface area (Å²) in [6.45, 7) is 2.76. The second kappa shape index (κ2) is 6.31. The first kappa shape index (κ1) is 15.3. The summed E-state index contributed by atoms with van der Waals surface area (Å²) in [6, 6.07) is 2.15. The molecule has 1 saturated carbocycles. The lowest BCUT2D eigenvalue weighted by Gasteiger charge is -2.36. The van der Waals surface area contributed by atoms with Crippen LogP contribution in [0.25, 0.3) is 0 Å². The third kappa shape index (κ3) is 2.91. The molecular weight excluding hydrogens is 304 g/mol. The number of carbonyl (C=O) groups is 1. The molecule has 126 valence electrons. The van der Waals surface area contributed by atoms with Gasteiger partial charge in [-0.1, -0.05) is 12.2 Å². The number of amides is 1. The number of aromatic nitrogens is 1. The van der Waals surface area contributed by atoms with Crippen LogP contribution in [-0.2, 0) is 4.79 Å². The van der Waals surface area contributed by atoms with Crippen LogP contribution in [0.3, 0.4) is 0 Å². The number of allylic oxidation sites excluding steroid dienone is 2. The summed E-state index contributed by atoms with van der Waals surface area (Å²) in [6.07, 6.45) is 9.31. The van der Waals surface area contributed by atoms with Crippen molar-refractivity contribution in [3.63, 3.8) is 0 Å². The van der Waals surface area contributed by atoms with Crippen LogP contribution in [0.15, 0.2) is 16.6 Å². The first-order chi connectivity index (χ1) is 11.8. The van der Waals surface area contributed by atoms with E-state index in [1.165, 1.54) is 0 Å². The van der Waals surface area contributed by atoms with Gasteiger partial charge in [0.1, 0.15) is 6.07 Å². The zero-order chi connectivity index (χ0) is 16.5. The maximum Gasteiger partial charge on any atom is 0.234 e. The highest BCUT2D eigenvalue weighted by atomic mass is 16.4. The molecular formula is C18H22N4O2. The highest BCUT2D eigenvalue weighted by Crippen LogP contribution is 2.41. The Morgan fingerprint density at radius 2 is 2.00 bits per heavy atom. The molecule has 0 N–H and O–H groups in total. The van der Waals surface area contributed by atoms with Gasteiger partial charge >= 0.3 is 0 Å². The van der Waals surface area contributed by atoms with E-state index in [0.29, 0.717) is 49.6 Å². The zero-order valence-electron chi connectivity index (χ0n) is 13.8. The Bertz CT molecular complexity index is 690. The van der Waals surface area contributed by atoms with Crippen LogP contribution in [-0.4, -0.2) is 42.0 Å². The summed E-state index contributed by atoms with van der Waals surface area (Å²) in [5.74, 6) is 2.10. The molecule has 1 aromatic heterocycles. The van der Waals surface area contributed by atoms with Crippen LogP contribution in [0, 0.1) is 17.2 Å². The molecule has 1 saturated heterocycles. The van der Waals surface area contributed by atoms with Gasteiger partial charge in [-0.05, 0) is 32.1 Å². The van der Waals surface area contributed by atoms with Crippen molar-refractivity contribution in [3.8, 4) is 6.07 Å². The monoisotopic (exact) mass is 326 g/mol. The van der Waals surface area contributed by atoms with E-state index in [1.807, 2.05) is 4.90 Å². The van der Waals surface area contributed by atoms with E-state index in [2.05, 4.69) is 28.1 Å². The van der Waals surface area contributed by atoms with Gasteiger partial charge in [0.05, 0.1) is 0 Å². The van der Waals surface area contributed by atoms with Gasteiger partial charge in [-0.15, -0.1) is 0 Å². The molecule has 2 aliphatic carbocycles. The van der Waals surface area contributed by atoms with Crippen molar-refractivity contribution in [1.82, 2.24) is 9.88 Å². The number of anilines is 1. The molecule has 4 rings (SSSR count). The number of piperazine rings is 1. The molecule has 0 bridgehead atoms. The predicted molar refractivity (Wildman–Crippen MR) is 88.5 cm³/mol. The van der Waals surface area contributed by atoms with Crippen molar-refractivity contribution in [3.05, 3.63) is 23.7 Å². The SMILES string of the molecule is N#Cc1nc(C2CC2)oc1N1CCN(C(=O)[C@H]2CC=CCC2)CC1. The van der Waals surface area contributed by atoms with Gasteiger partial charge in [0.2, 0.25) is 23.4 Å². The Kier molecular flexibility index (Phi) is 4.01. The third-order valence-corrected chi connectivity index (χ3v) is 5.16. The lowest BCUT2D eigenvalue weighted by Crippen LogP contribution is -2.50. The highest BCUT2D eigenvalue weighted by Gasteiger charge is 2.33. The average Bonchev–Trinajstić information content (AvgIpc) is 3.41. The third-order valence-electron chi connectivity index (χ3n) is 5.16. The molecule has 1 amide bonds. The molecule has 0 radical (unpaired) electrons. The van der Waals surface area contributed by atoms with Gasteiger partial charge in [-0.2, -0.15) is 5.26 Å². The van der Waals surface area contributed by atoms with E-state index in [4.69, 9.17) is 4.42 Å². The number of hydrogen-bond acceptors (Lipinski definition) is 5. The molecule has 0 aromatic carbocycles. The molecule has 24 heavy (non-hydrogen) atoms. The summed E-state index contributed by atoms with van der Waals surface area (Å²) in [5, 5.41) is 9.30. The smallest absolute Gasteiger partial charge is 0.234 e. The lowest BCUT2D eigenvalue weighted by molar-refractivity contribution is -0.136. The van der Waals surface area contributed by atoms with E-state index in [9.17, 15) is 10.1 Å². The predicted octanol–water partition coefficient (Wildman–Crippen LogP) is 2.43. The van der Waals surface area contributed by atoms with Crippen molar-refractivity contribution >= 4 is 11.8 Å². The molecule has 6 heteroatoms. The number of nitriles is 1. The number of carbonyl (C=O) groups excluding carboxylic acids is 1. The zero-order valence-corrected chi connectivity index (χ0v) is 13.8.